The van der Waals surface area contributed by atoms with Gasteiger partial charge in [0.2, 0.25) is 0 Å². The monoisotopic (exact) mass is 396 g/mol. The zero-order valence-corrected chi connectivity index (χ0v) is 16.4. The van der Waals surface area contributed by atoms with Crippen molar-refractivity contribution in [3.8, 4) is 11.5 Å². The van der Waals surface area contributed by atoms with Gasteiger partial charge in [-0.15, -0.1) is 0 Å². The minimum atomic E-state index is -0.441. The van der Waals surface area contributed by atoms with E-state index in [-0.39, 0.29) is 5.91 Å². The molecule has 7 nitrogen and oxygen atoms in total. The van der Waals surface area contributed by atoms with Crippen LogP contribution in [0, 0.1) is 0 Å². The SMILES string of the molecule is COC(=O)c1ccc(N2CCCC2)c(NC(=O)c2ccc3c(c2)OCCCO3)c1. The van der Waals surface area contributed by atoms with Crippen LogP contribution in [-0.4, -0.2) is 45.3 Å². The topological polar surface area (TPSA) is 77.1 Å². The first-order valence-electron chi connectivity index (χ1n) is 9.84. The lowest BCUT2D eigenvalue weighted by Crippen LogP contribution is -2.21. The summed E-state index contributed by atoms with van der Waals surface area (Å²) in [5.74, 6) is 0.495. The Morgan fingerprint density at radius 1 is 0.931 bits per heavy atom. The predicted molar refractivity (Wildman–Crippen MR) is 109 cm³/mol. The molecule has 0 aromatic heterocycles. The molecule has 2 aliphatic heterocycles. The highest BCUT2D eigenvalue weighted by molar-refractivity contribution is 6.07. The van der Waals surface area contributed by atoms with E-state index in [2.05, 4.69) is 10.2 Å². The molecule has 0 spiro atoms. The smallest absolute Gasteiger partial charge is 0.337 e. The van der Waals surface area contributed by atoms with Crippen molar-refractivity contribution in [2.24, 2.45) is 0 Å². The Morgan fingerprint density at radius 3 is 2.41 bits per heavy atom. The van der Waals surface area contributed by atoms with Gasteiger partial charge in [0.1, 0.15) is 0 Å². The van der Waals surface area contributed by atoms with E-state index in [0.717, 1.165) is 38.0 Å². The molecule has 29 heavy (non-hydrogen) atoms. The molecule has 2 aliphatic rings. The van der Waals surface area contributed by atoms with Crippen molar-refractivity contribution in [1.82, 2.24) is 0 Å². The summed E-state index contributed by atoms with van der Waals surface area (Å²) in [7, 11) is 1.34. The van der Waals surface area contributed by atoms with Crippen molar-refractivity contribution >= 4 is 23.3 Å². The van der Waals surface area contributed by atoms with E-state index in [9.17, 15) is 9.59 Å². The summed E-state index contributed by atoms with van der Waals surface area (Å²) >= 11 is 0. The predicted octanol–water partition coefficient (Wildman–Crippen LogP) is 3.49. The number of amides is 1. The lowest BCUT2D eigenvalue weighted by atomic mass is 10.1. The van der Waals surface area contributed by atoms with Crippen LogP contribution in [0.2, 0.25) is 0 Å². The second kappa shape index (κ2) is 8.43. The fourth-order valence-corrected chi connectivity index (χ4v) is 3.61. The highest BCUT2D eigenvalue weighted by Crippen LogP contribution is 2.33. The van der Waals surface area contributed by atoms with E-state index in [1.54, 1.807) is 30.3 Å². The fourth-order valence-electron chi connectivity index (χ4n) is 3.61. The molecule has 1 amide bonds. The lowest BCUT2D eigenvalue weighted by Gasteiger charge is -2.22. The number of nitrogens with zero attached hydrogens (tertiary/aromatic N) is 1. The molecular weight excluding hydrogens is 372 g/mol. The van der Waals surface area contributed by atoms with Crippen LogP contribution in [0.15, 0.2) is 36.4 Å². The number of nitrogens with one attached hydrogen (secondary N) is 1. The van der Waals surface area contributed by atoms with Crippen LogP contribution in [0.25, 0.3) is 0 Å². The molecule has 2 aromatic rings. The maximum Gasteiger partial charge on any atom is 0.337 e. The molecule has 152 valence electrons. The molecule has 1 N–H and O–H groups in total. The standard InChI is InChI=1S/C22H24N2O5/c1-27-22(26)16-5-7-18(24-9-2-3-10-24)17(13-16)23-21(25)15-6-8-19-20(14-15)29-12-4-11-28-19/h5-8,13-14H,2-4,9-12H2,1H3,(H,23,25). The van der Waals surface area contributed by atoms with Crippen LogP contribution in [0.3, 0.4) is 0 Å². The number of esters is 1. The summed E-state index contributed by atoms with van der Waals surface area (Å²) in [5, 5.41) is 2.96. The summed E-state index contributed by atoms with van der Waals surface area (Å²) in [6, 6.07) is 10.4. The molecule has 0 aliphatic carbocycles. The van der Waals surface area contributed by atoms with E-state index in [1.165, 1.54) is 7.11 Å². The largest absolute Gasteiger partial charge is 0.490 e. The molecule has 1 fully saturated rings. The van der Waals surface area contributed by atoms with E-state index in [4.69, 9.17) is 14.2 Å². The molecule has 2 aromatic carbocycles. The van der Waals surface area contributed by atoms with Crippen LogP contribution in [0.4, 0.5) is 11.4 Å². The number of hydrogen-bond donors (Lipinski definition) is 1. The normalized spacial score (nSPS) is 15.6. The molecule has 0 bridgehead atoms. The van der Waals surface area contributed by atoms with Crippen molar-refractivity contribution in [2.75, 3.05) is 43.6 Å². The van der Waals surface area contributed by atoms with Crippen LogP contribution >= 0.6 is 0 Å². The van der Waals surface area contributed by atoms with Gasteiger partial charge in [-0.3, -0.25) is 4.79 Å². The molecule has 0 saturated carbocycles. The maximum absolute atomic E-state index is 13.0. The zero-order chi connectivity index (χ0) is 20.2. The average Bonchev–Trinajstić information content (AvgIpc) is 3.17. The van der Waals surface area contributed by atoms with Gasteiger partial charge in [-0.05, 0) is 49.2 Å². The maximum atomic E-state index is 13.0. The van der Waals surface area contributed by atoms with Crippen molar-refractivity contribution in [1.29, 1.82) is 0 Å². The highest BCUT2D eigenvalue weighted by Gasteiger charge is 2.20. The number of rotatable bonds is 4. The molecule has 7 heteroatoms. The minimum absolute atomic E-state index is 0.275. The number of methoxy groups -OCH3 is 1. The number of anilines is 2. The second-order valence-electron chi connectivity index (χ2n) is 7.08. The molecule has 2 heterocycles. The molecular formula is C22H24N2O5. The third-order valence-corrected chi connectivity index (χ3v) is 5.12. The number of fused-ring (bicyclic) bond motifs is 1. The van der Waals surface area contributed by atoms with Gasteiger partial charge >= 0.3 is 5.97 Å². The van der Waals surface area contributed by atoms with Gasteiger partial charge in [0.15, 0.2) is 11.5 Å². The summed E-state index contributed by atoms with van der Waals surface area (Å²) in [5.41, 5.74) is 2.35. The number of ether oxygens (including phenoxy) is 3. The molecule has 0 atom stereocenters. The number of carbonyl (C=O) groups is 2. The van der Waals surface area contributed by atoms with Crippen LogP contribution in [0.5, 0.6) is 11.5 Å². The quantitative estimate of drug-likeness (QED) is 0.798. The van der Waals surface area contributed by atoms with Gasteiger partial charge in [0.05, 0.1) is 37.3 Å². The Hall–Kier alpha value is -3.22. The number of benzene rings is 2. The van der Waals surface area contributed by atoms with Crippen molar-refractivity contribution in [3.05, 3.63) is 47.5 Å². The Bertz CT molecular complexity index is 921. The van der Waals surface area contributed by atoms with Crippen LogP contribution in [-0.2, 0) is 4.74 Å². The Kier molecular flexibility index (Phi) is 5.55. The first-order chi connectivity index (χ1) is 14.2. The van der Waals surface area contributed by atoms with Gasteiger partial charge in [0.25, 0.3) is 5.91 Å². The van der Waals surface area contributed by atoms with Crippen molar-refractivity contribution < 1.29 is 23.8 Å². The lowest BCUT2D eigenvalue weighted by molar-refractivity contribution is 0.0600. The molecule has 0 radical (unpaired) electrons. The van der Waals surface area contributed by atoms with Crippen LogP contribution < -0.4 is 19.7 Å². The summed E-state index contributed by atoms with van der Waals surface area (Å²) in [6.07, 6.45) is 3.01. The van der Waals surface area contributed by atoms with Crippen LogP contribution in [0.1, 0.15) is 40.0 Å². The van der Waals surface area contributed by atoms with E-state index in [1.807, 2.05) is 6.07 Å². The minimum Gasteiger partial charge on any atom is -0.490 e. The summed E-state index contributed by atoms with van der Waals surface area (Å²) < 4.78 is 16.1. The Balaban J connectivity index is 1.62. The van der Waals surface area contributed by atoms with Gasteiger partial charge in [-0.1, -0.05) is 0 Å². The highest BCUT2D eigenvalue weighted by atomic mass is 16.5. The molecule has 0 unspecified atom stereocenters. The molecule has 4 rings (SSSR count). The van der Waals surface area contributed by atoms with E-state index in [0.29, 0.717) is 41.5 Å². The third kappa shape index (κ3) is 4.13. The van der Waals surface area contributed by atoms with Gasteiger partial charge < -0.3 is 24.4 Å². The van der Waals surface area contributed by atoms with E-state index < -0.39 is 5.97 Å². The first kappa shape index (κ1) is 19.1. The van der Waals surface area contributed by atoms with E-state index >= 15 is 0 Å². The van der Waals surface area contributed by atoms with Gasteiger partial charge in [0, 0.05) is 25.1 Å². The van der Waals surface area contributed by atoms with Gasteiger partial charge in [-0.2, -0.15) is 0 Å². The van der Waals surface area contributed by atoms with Crippen molar-refractivity contribution in [2.45, 2.75) is 19.3 Å². The average molecular weight is 396 g/mol. The zero-order valence-electron chi connectivity index (χ0n) is 16.4. The number of carbonyl (C=O) groups excluding carboxylic acids is 2. The first-order valence-corrected chi connectivity index (χ1v) is 9.84. The number of hydrogen-bond acceptors (Lipinski definition) is 6. The summed E-state index contributed by atoms with van der Waals surface area (Å²) in [4.78, 5) is 27.1. The summed E-state index contributed by atoms with van der Waals surface area (Å²) in [6.45, 7) is 2.99. The second-order valence-corrected chi connectivity index (χ2v) is 7.08. The fraction of sp³-hybridized carbons (Fsp3) is 0.364. The third-order valence-electron chi connectivity index (χ3n) is 5.12. The van der Waals surface area contributed by atoms with Gasteiger partial charge in [-0.25, -0.2) is 4.79 Å². The Morgan fingerprint density at radius 2 is 1.66 bits per heavy atom. The Labute approximate surface area is 169 Å². The van der Waals surface area contributed by atoms with Crippen molar-refractivity contribution in [3.63, 3.8) is 0 Å². The molecule has 1 saturated heterocycles.